The van der Waals surface area contributed by atoms with Gasteiger partial charge in [0.1, 0.15) is 6.10 Å². The van der Waals surface area contributed by atoms with Gasteiger partial charge in [-0.25, -0.2) is 0 Å². The molecule has 1 fully saturated rings. The van der Waals surface area contributed by atoms with E-state index in [4.69, 9.17) is 10.5 Å². The first-order valence-corrected chi connectivity index (χ1v) is 5.83. The molecule has 88 valence electrons. The highest BCUT2D eigenvalue weighted by Gasteiger charge is 2.28. The lowest BCUT2D eigenvalue weighted by Crippen LogP contribution is -2.44. The molecule has 0 aromatic rings. The Bertz CT molecular complexity index is 209. The standard InChI is InChI=1S/C11H22N2O2/c1-3-4-9(7-12)13-11(14)10-6-5-8(2)15-10/h8-10H,3-7,12H2,1-2H3,(H,13,14). The summed E-state index contributed by atoms with van der Waals surface area (Å²) in [4.78, 5) is 11.7. The summed E-state index contributed by atoms with van der Waals surface area (Å²) in [6.45, 7) is 4.59. The zero-order valence-electron chi connectivity index (χ0n) is 9.66. The van der Waals surface area contributed by atoms with E-state index in [-0.39, 0.29) is 24.2 Å². The van der Waals surface area contributed by atoms with Crippen molar-refractivity contribution >= 4 is 5.91 Å². The van der Waals surface area contributed by atoms with Crippen LogP contribution >= 0.6 is 0 Å². The molecule has 0 bridgehead atoms. The lowest BCUT2D eigenvalue weighted by molar-refractivity contribution is -0.132. The average Bonchev–Trinajstić information content (AvgIpc) is 2.64. The van der Waals surface area contributed by atoms with Crippen LogP contribution in [0.5, 0.6) is 0 Å². The molecular weight excluding hydrogens is 192 g/mol. The van der Waals surface area contributed by atoms with Gasteiger partial charge in [-0.3, -0.25) is 4.79 Å². The second kappa shape index (κ2) is 6.08. The van der Waals surface area contributed by atoms with E-state index in [1.54, 1.807) is 0 Å². The predicted octanol–water partition coefficient (Wildman–Crippen LogP) is 0.797. The molecule has 0 saturated carbocycles. The molecule has 1 aliphatic rings. The molecule has 3 N–H and O–H groups in total. The van der Waals surface area contributed by atoms with E-state index in [2.05, 4.69) is 12.2 Å². The highest BCUT2D eigenvalue weighted by molar-refractivity contribution is 5.81. The minimum absolute atomic E-state index is 0.00301. The van der Waals surface area contributed by atoms with Gasteiger partial charge in [0.2, 0.25) is 5.91 Å². The monoisotopic (exact) mass is 214 g/mol. The van der Waals surface area contributed by atoms with Gasteiger partial charge < -0.3 is 15.8 Å². The minimum atomic E-state index is -0.258. The fourth-order valence-corrected chi connectivity index (χ4v) is 1.89. The summed E-state index contributed by atoms with van der Waals surface area (Å²) < 4.78 is 5.49. The second-order valence-electron chi connectivity index (χ2n) is 4.24. The normalized spacial score (nSPS) is 27.7. The maximum absolute atomic E-state index is 11.7. The predicted molar refractivity (Wildman–Crippen MR) is 59.5 cm³/mol. The Morgan fingerprint density at radius 2 is 2.33 bits per heavy atom. The van der Waals surface area contributed by atoms with Crippen LogP contribution in [0.1, 0.15) is 39.5 Å². The van der Waals surface area contributed by atoms with E-state index in [0.717, 1.165) is 25.7 Å². The van der Waals surface area contributed by atoms with Crippen molar-refractivity contribution < 1.29 is 9.53 Å². The van der Waals surface area contributed by atoms with Crippen molar-refractivity contribution in [1.29, 1.82) is 0 Å². The van der Waals surface area contributed by atoms with E-state index in [9.17, 15) is 4.79 Å². The summed E-state index contributed by atoms with van der Waals surface area (Å²) in [7, 11) is 0. The lowest BCUT2D eigenvalue weighted by Gasteiger charge is -2.18. The molecule has 1 aliphatic heterocycles. The smallest absolute Gasteiger partial charge is 0.249 e. The number of carbonyl (C=O) groups excluding carboxylic acids is 1. The minimum Gasteiger partial charge on any atom is -0.365 e. The molecule has 1 heterocycles. The molecular formula is C11H22N2O2. The first-order valence-electron chi connectivity index (χ1n) is 5.83. The Balaban J connectivity index is 2.33. The number of rotatable bonds is 5. The van der Waals surface area contributed by atoms with Gasteiger partial charge >= 0.3 is 0 Å². The Labute approximate surface area is 91.5 Å². The summed E-state index contributed by atoms with van der Waals surface area (Å²) in [5.74, 6) is 0.00301. The van der Waals surface area contributed by atoms with Crippen molar-refractivity contribution in [3.05, 3.63) is 0 Å². The van der Waals surface area contributed by atoms with Crippen molar-refractivity contribution in [2.75, 3.05) is 6.54 Å². The Morgan fingerprint density at radius 1 is 1.60 bits per heavy atom. The van der Waals surface area contributed by atoms with Crippen molar-refractivity contribution in [1.82, 2.24) is 5.32 Å². The maximum atomic E-state index is 11.7. The Kier molecular flexibility index (Phi) is 5.05. The number of amides is 1. The number of hydrogen-bond acceptors (Lipinski definition) is 3. The van der Waals surface area contributed by atoms with Crippen LogP contribution in [0.3, 0.4) is 0 Å². The fraction of sp³-hybridized carbons (Fsp3) is 0.909. The molecule has 4 heteroatoms. The Hall–Kier alpha value is -0.610. The summed E-state index contributed by atoms with van der Waals surface area (Å²) in [6.07, 6.45) is 3.72. The van der Waals surface area contributed by atoms with Gasteiger partial charge in [-0.05, 0) is 26.2 Å². The van der Waals surface area contributed by atoms with Crippen LogP contribution in [0.2, 0.25) is 0 Å². The first kappa shape index (κ1) is 12.5. The van der Waals surface area contributed by atoms with Crippen LogP contribution in [0, 0.1) is 0 Å². The van der Waals surface area contributed by atoms with Gasteiger partial charge in [-0.1, -0.05) is 13.3 Å². The number of carbonyl (C=O) groups is 1. The van der Waals surface area contributed by atoms with Gasteiger partial charge in [-0.15, -0.1) is 0 Å². The number of ether oxygens (including phenoxy) is 1. The van der Waals surface area contributed by atoms with Crippen LogP contribution in [0.25, 0.3) is 0 Å². The average molecular weight is 214 g/mol. The van der Waals surface area contributed by atoms with Crippen molar-refractivity contribution in [2.45, 2.75) is 57.8 Å². The fourth-order valence-electron chi connectivity index (χ4n) is 1.89. The van der Waals surface area contributed by atoms with E-state index in [1.807, 2.05) is 6.92 Å². The van der Waals surface area contributed by atoms with Crippen LogP contribution < -0.4 is 11.1 Å². The highest BCUT2D eigenvalue weighted by atomic mass is 16.5. The molecule has 15 heavy (non-hydrogen) atoms. The van der Waals surface area contributed by atoms with Crippen LogP contribution in [0.4, 0.5) is 0 Å². The second-order valence-corrected chi connectivity index (χ2v) is 4.24. The Morgan fingerprint density at radius 3 is 2.80 bits per heavy atom. The van der Waals surface area contributed by atoms with E-state index < -0.39 is 0 Å². The molecule has 3 unspecified atom stereocenters. The SMILES string of the molecule is CCCC(CN)NC(=O)C1CCC(C)O1. The summed E-state index contributed by atoms with van der Waals surface area (Å²) in [5, 5.41) is 2.94. The number of nitrogens with two attached hydrogens (primary N) is 1. The molecule has 4 nitrogen and oxygen atoms in total. The third kappa shape index (κ3) is 3.80. The van der Waals surface area contributed by atoms with Gasteiger partial charge in [0.25, 0.3) is 0 Å². The highest BCUT2D eigenvalue weighted by Crippen LogP contribution is 2.19. The third-order valence-electron chi connectivity index (χ3n) is 2.79. The zero-order valence-corrected chi connectivity index (χ0v) is 9.66. The van der Waals surface area contributed by atoms with Crippen LogP contribution in [-0.2, 0) is 9.53 Å². The molecule has 0 aliphatic carbocycles. The topological polar surface area (TPSA) is 64.3 Å². The molecule has 3 atom stereocenters. The molecule has 1 rings (SSSR count). The van der Waals surface area contributed by atoms with Gasteiger partial charge in [0.05, 0.1) is 6.10 Å². The number of hydrogen-bond donors (Lipinski definition) is 2. The summed E-state index contributed by atoms with van der Waals surface area (Å²) >= 11 is 0. The molecule has 1 amide bonds. The van der Waals surface area contributed by atoms with E-state index in [0.29, 0.717) is 6.54 Å². The van der Waals surface area contributed by atoms with Gasteiger partial charge in [0, 0.05) is 12.6 Å². The van der Waals surface area contributed by atoms with E-state index in [1.165, 1.54) is 0 Å². The van der Waals surface area contributed by atoms with Crippen LogP contribution in [0.15, 0.2) is 0 Å². The molecule has 0 aromatic heterocycles. The maximum Gasteiger partial charge on any atom is 0.249 e. The lowest BCUT2D eigenvalue weighted by atomic mass is 10.1. The van der Waals surface area contributed by atoms with Gasteiger partial charge in [-0.2, -0.15) is 0 Å². The van der Waals surface area contributed by atoms with Crippen LogP contribution in [-0.4, -0.2) is 30.7 Å². The third-order valence-corrected chi connectivity index (χ3v) is 2.79. The first-order chi connectivity index (χ1) is 7.17. The van der Waals surface area contributed by atoms with Crippen molar-refractivity contribution in [2.24, 2.45) is 5.73 Å². The van der Waals surface area contributed by atoms with Gasteiger partial charge in [0.15, 0.2) is 0 Å². The van der Waals surface area contributed by atoms with E-state index >= 15 is 0 Å². The van der Waals surface area contributed by atoms with Crippen molar-refractivity contribution in [3.63, 3.8) is 0 Å². The summed E-state index contributed by atoms with van der Waals surface area (Å²) in [5.41, 5.74) is 5.58. The quantitative estimate of drug-likeness (QED) is 0.711. The van der Waals surface area contributed by atoms with Crippen molar-refractivity contribution in [3.8, 4) is 0 Å². The largest absolute Gasteiger partial charge is 0.365 e. The molecule has 0 spiro atoms. The molecule has 0 radical (unpaired) electrons. The molecule has 0 aromatic carbocycles. The summed E-state index contributed by atoms with van der Waals surface area (Å²) in [6, 6.07) is 0.0991. The number of nitrogens with one attached hydrogen (secondary N) is 1. The zero-order chi connectivity index (χ0) is 11.3. The molecule has 1 saturated heterocycles.